The Hall–Kier alpha value is -1.69. The first kappa shape index (κ1) is 15.2. The molecule has 1 aromatic rings. The number of nitrogens with zero attached hydrogens (tertiary/aromatic N) is 3. The van der Waals surface area contributed by atoms with Crippen LogP contribution in [0.1, 0.15) is 48.2 Å². The Morgan fingerprint density at radius 1 is 1.36 bits per heavy atom. The molecule has 120 valence electrons. The number of hydrogen-bond acceptors (Lipinski definition) is 4. The molecule has 2 aliphatic heterocycles. The summed E-state index contributed by atoms with van der Waals surface area (Å²) in [5, 5.41) is 6.56. The van der Waals surface area contributed by atoms with Crippen LogP contribution in [0, 0.1) is 11.3 Å². The second-order valence-electron chi connectivity index (χ2n) is 7.26. The molecule has 2 fully saturated rings. The summed E-state index contributed by atoms with van der Waals surface area (Å²) in [5.41, 5.74) is 1.02. The Morgan fingerprint density at radius 2 is 2.09 bits per heavy atom. The molecule has 1 spiro atoms. The van der Waals surface area contributed by atoms with E-state index in [1.807, 2.05) is 4.90 Å². The van der Waals surface area contributed by atoms with Crippen molar-refractivity contribution < 1.29 is 9.59 Å². The van der Waals surface area contributed by atoms with Crippen molar-refractivity contribution in [3.05, 3.63) is 17.5 Å². The topological polar surface area (TPSA) is 69.3 Å². The van der Waals surface area contributed by atoms with Gasteiger partial charge in [-0.15, -0.1) is 0 Å². The molecule has 0 radical (unpaired) electrons. The number of likely N-dealkylation sites (tertiary alicyclic amines) is 2. The standard InChI is InChI=1S/C16H24N4O2/c1-11(2)7-19-5-4-16(8-19)9-20(10-16)15(22)14-6-13(12(3)21)17-18-14/h6,11H,4-5,7-10H2,1-3H3,(H,17,18). The fourth-order valence-electron chi connectivity index (χ4n) is 3.65. The van der Waals surface area contributed by atoms with Gasteiger partial charge in [-0.25, -0.2) is 0 Å². The molecule has 2 saturated heterocycles. The Balaban J connectivity index is 1.56. The summed E-state index contributed by atoms with van der Waals surface area (Å²) in [6.07, 6.45) is 1.17. The number of nitrogens with one attached hydrogen (secondary N) is 1. The summed E-state index contributed by atoms with van der Waals surface area (Å²) in [4.78, 5) is 28.0. The van der Waals surface area contributed by atoms with Crippen LogP contribution in [-0.4, -0.2) is 64.4 Å². The number of aromatic amines is 1. The molecule has 0 bridgehead atoms. The number of amides is 1. The van der Waals surface area contributed by atoms with Gasteiger partial charge in [-0.3, -0.25) is 14.7 Å². The first-order valence-corrected chi connectivity index (χ1v) is 7.96. The van der Waals surface area contributed by atoms with Gasteiger partial charge < -0.3 is 9.80 Å². The highest BCUT2D eigenvalue weighted by Gasteiger charge is 2.49. The molecule has 2 aliphatic rings. The van der Waals surface area contributed by atoms with E-state index in [1.54, 1.807) is 6.07 Å². The first-order valence-electron chi connectivity index (χ1n) is 7.96. The fourth-order valence-corrected chi connectivity index (χ4v) is 3.65. The van der Waals surface area contributed by atoms with Crippen LogP contribution >= 0.6 is 0 Å². The number of hydrogen-bond donors (Lipinski definition) is 1. The van der Waals surface area contributed by atoms with Gasteiger partial charge in [-0.1, -0.05) is 13.8 Å². The molecule has 6 heteroatoms. The smallest absolute Gasteiger partial charge is 0.271 e. The quantitative estimate of drug-likeness (QED) is 0.854. The Kier molecular flexibility index (Phi) is 3.80. The molecule has 0 aliphatic carbocycles. The number of H-pyrrole nitrogens is 1. The summed E-state index contributed by atoms with van der Waals surface area (Å²) >= 11 is 0. The predicted octanol–water partition coefficient (Wildman–Crippen LogP) is 1.42. The Labute approximate surface area is 130 Å². The number of rotatable bonds is 4. The maximum atomic E-state index is 12.4. The van der Waals surface area contributed by atoms with Crippen LogP contribution in [0.3, 0.4) is 0 Å². The SMILES string of the molecule is CC(=O)c1cc(C(=O)N2CC3(CCN(CC(C)C)C3)C2)[nH]n1. The summed E-state index contributed by atoms with van der Waals surface area (Å²) in [6, 6.07) is 1.55. The van der Waals surface area contributed by atoms with Gasteiger partial charge in [0.2, 0.25) is 0 Å². The van der Waals surface area contributed by atoms with Crippen LogP contribution < -0.4 is 0 Å². The van der Waals surface area contributed by atoms with Gasteiger partial charge in [0.25, 0.3) is 5.91 Å². The van der Waals surface area contributed by atoms with Crippen molar-refractivity contribution in [1.29, 1.82) is 0 Å². The third-order valence-electron chi connectivity index (χ3n) is 4.65. The summed E-state index contributed by atoms with van der Waals surface area (Å²) in [5.74, 6) is 0.506. The predicted molar refractivity (Wildman–Crippen MR) is 82.8 cm³/mol. The maximum absolute atomic E-state index is 12.4. The molecular weight excluding hydrogens is 280 g/mol. The molecule has 0 saturated carbocycles. The normalized spacial score (nSPS) is 20.6. The van der Waals surface area contributed by atoms with Crippen LogP contribution in [0.15, 0.2) is 6.07 Å². The zero-order chi connectivity index (χ0) is 15.9. The van der Waals surface area contributed by atoms with Crippen LogP contribution in [0.5, 0.6) is 0 Å². The van der Waals surface area contributed by atoms with Crippen molar-refractivity contribution in [2.24, 2.45) is 11.3 Å². The van der Waals surface area contributed by atoms with E-state index in [0.29, 0.717) is 17.3 Å². The zero-order valence-electron chi connectivity index (χ0n) is 13.6. The minimum Gasteiger partial charge on any atom is -0.336 e. The van der Waals surface area contributed by atoms with Gasteiger partial charge in [-0.2, -0.15) is 5.10 Å². The molecule has 3 heterocycles. The second-order valence-corrected chi connectivity index (χ2v) is 7.26. The average molecular weight is 304 g/mol. The molecule has 0 unspecified atom stereocenters. The van der Waals surface area contributed by atoms with Gasteiger partial charge in [0.15, 0.2) is 5.78 Å². The van der Waals surface area contributed by atoms with Crippen molar-refractivity contribution in [2.75, 3.05) is 32.7 Å². The molecule has 0 atom stereocenters. The van der Waals surface area contributed by atoms with Gasteiger partial charge >= 0.3 is 0 Å². The number of aromatic nitrogens is 2. The number of ketones is 1. The molecule has 22 heavy (non-hydrogen) atoms. The lowest BCUT2D eigenvalue weighted by molar-refractivity contribution is 0.00980. The van der Waals surface area contributed by atoms with E-state index in [1.165, 1.54) is 13.3 Å². The minimum atomic E-state index is -0.129. The lowest BCUT2D eigenvalue weighted by Gasteiger charge is -2.48. The molecule has 1 aromatic heterocycles. The van der Waals surface area contributed by atoms with Crippen molar-refractivity contribution in [1.82, 2.24) is 20.0 Å². The molecule has 1 N–H and O–H groups in total. The highest BCUT2D eigenvalue weighted by Crippen LogP contribution is 2.40. The van der Waals surface area contributed by atoms with E-state index < -0.39 is 0 Å². The van der Waals surface area contributed by atoms with E-state index in [2.05, 4.69) is 28.9 Å². The zero-order valence-corrected chi connectivity index (χ0v) is 13.6. The fraction of sp³-hybridized carbons (Fsp3) is 0.688. The molecule has 1 amide bonds. The first-order chi connectivity index (χ1) is 10.4. The Bertz CT molecular complexity index is 587. The van der Waals surface area contributed by atoms with Crippen LogP contribution in [0.2, 0.25) is 0 Å². The van der Waals surface area contributed by atoms with Gasteiger partial charge in [0, 0.05) is 38.5 Å². The highest BCUT2D eigenvalue weighted by molar-refractivity contribution is 5.97. The van der Waals surface area contributed by atoms with Gasteiger partial charge in [-0.05, 0) is 24.9 Å². The van der Waals surface area contributed by atoms with Gasteiger partial charge in [0.05, 0.1) is 0 Å². The lowest BCUT2D eigenvalue weighted by atomic mass is 9.79. The van der Waals surface area contributed by atoms with E-state index in [-0.39, 0.29) is 17.1 Å². The maximum Gasteiger partial charge on any atom is 0.271 e. The van der Waals surface area contributed by atoms with E-state index in [4.69, 9.17) is 0 Å². The van der Waals surface area contributed by atoms with E-state index in [9.17, 15) is 9.59 Å². The monoisotopic (exact) mass is 304 g/mol. The largest absolute Gasteiger partial charge is 0.336 e. The van der Waals surface area contributed by atoms with Crippen molar-refractivity contribution in [3.8, 4) is 0 Å². The Morgan fingerprint density at radius 3 is 2.68 bits per heavy atom. The second kappa shape index (κ2) is 5.50. The number of Topliss-reactive ketones (excluding diaryl/α,β-unsaturated/α-hetero) is 1. The van der Waals surface area contributed by atoms with Crippen molar-refractivity contribution in [3.63, 3.8) is 0 Å². The molecular formula is C16H24N4O2. The van der Waals surface area contributed by atoms with Gasteiger partial charge in [0.1, 0.15) is 11.4 Å². The number of carbonyl (C=O) groups excluding carboxylic acids is 2. The van der Waals surface area contributed by atoms with Crippen LogP contribution in [-0.2, 0) is 0 Å². The molecule has 3 rings (SSSR count). The number of carbonyl (C=O) groups is 2. The summed E-state index contributed by atoms with van der Waals surface area (Å²) in [7, 11) is 0. The van der Waals surface area contributed by atoms with Crippen molar-refractivity contribution in [2.45, 2.75) is 27.2 Å². The minimum absolute atomic E-state index is 0.0482. The molecule has 6 nitrogen and oxygen atoms in total. The lowest BCUT2D eigenvalue weighted by Crippen LogP contribution is -2.59. The van der Waals surface area contributed by atoms with Crippen molar-refractivity contribution >= 4 is 11.7 Å². The third-order valence-corrected chi connectivity index (χ3v) is 4.65. The summed E-state index contributed by atoms with van der Waals surface area (Å²) in [6.45, 7) is 10.9. The van der Waals surface area contributed by atoms with Crippen LogP contribution in [0.4, 0.5) is 0 Å². The average Bonchev–Trinajstić information content (AvgIpc) is 3.01. The molecule has 0 aromatic carbocycles. The third kappa shape index (κ3) is 2.79. The summed E-state index contributed by atoms with van der Waals surface area (Å²) < 4.78 is 0. The van der Waals surface area contributed by atoms with E-state index in [0.717, 1.165) is 32.7 Å². The van der Waals surface area contributed by atoms with E-state index >= 15 is 0 Å². The van der Waals surface area contributed by atoms with Crippen LogP contribution in [0.25, 0.3) is 0 Å². The highest BCUT2D eigenvalue weighted by atomic mass is 16.2.